The summed E-state index contributed by atoms with van der Waals surface area (Å²) in [6.45, 7) is 0. The van der Waals surface area contributed by atoms with Gasteiger partial charge in [-0.3, -0.25) is 14.3 Å². The van der Waals surface area contributed by atoms with Gasteiger partial charge < -0.3 is 4.98 Å². The summed E-state index contributed by atoms with van der Waals surface area (Å²) in [5, 5.41) is 0. The maximum Gasteiger partial charge on any atom is 0.433 e. The van der Waals surface area contributed by atoms with Gasteiger partial charge in [-0.15, -0.1) is 0 Å². The monoisotopic (exact) mass is 313 g/mol. The highest BCUT2D eigenvalue weighted by Crippen LogP contribution is 2.27. The van der Waals surface area contributed by atoms with Crippen LogP contribution >= 0.6 is 12.2 Å². The van der Waals surface area contributed by atoms with E-state index >= 15 is 0 Å². The van der Waals surface area contributed by atoms with Crippen molar-refractivity contribution in [1.29, 1.82) is 0 Å². The quantitative estimate of drug-likeness (QED) is 0.675. The summed E-state index contributed by atoms with van der Waals surface area (Å²) in [7, 11) is 0. The maximum absolute atomic E-state index is 12.5. The van der Waals surface area contributed by atoms with E-state index < -0.39 is 17.4 Å². The first kappa shape index (κ1) is 13.5. The second-order valence-electron chi connectivity index (χ2n) is 4.10. The molecule has 0 unspecified atom stereocenters. The zero-order chi connectivity index (χ0) is 15.2. The lowest BCUT2D eigenvalue weighted by Gasteiger charge is -2.09. The van der Waals surface area contributed by atoms with Crippen LogP contribution in [0.15, 0.2) is 29.5 Å². The molecular weight excluding hydrogens is 307 g/mol. The Morgan fingerprint density at radius 1 is 1.24 bits per heavy atom. The fraction of sp³-hybridized carbons (Fsp3) is 0.0909. The van der Waals surface area contributed by atoms with Crippen LogP contribution in [0.1, 0.15) is 5.69 Å². The van der Waals surface area contributed by atoms with E-state index in [1.165, 1.54) is 17.0 Å². The molecule has 3 heterocycles. The van der Waals surface area contributed by atoms with E-state index in [4.69, 9.17) is 12.2 Å². The highest BCUT2D eigenvalue weighted by molar-refractivity contribution is 7.71. The SMILES string of the molecule is O=c1[nH]c(=S)n(-c2ccc(C(F)(F)F)nc2)c2nc[nH]c12. The minimum atomic E-state index is -4.52. The van der Waals surface area contributed by atoms with E-state index in [-0.39, 0.29) is 21.6 Å². The highest BCUT2D eigenvalue weighted by atomic mass is 32.1. The summed E-state index contributed by atoms with van der Waals surface area (Å²) < 4.78 is 38.9. The van der Waals surface area contributed by atoms with Crippen molar-refractivity contribution in [3.05, 3.63) is 45.5 Å². The summed E-state index contributed by atoms with van der Waals surface area (Å²) in [6.07, 6.45) is -2.21. The molecule has 0 fully saturated rings. The Hall–Kier alpha value is -2.49. The van der Waals surface area contributed by atoms with Crippen molar-refractivity contribution >= 4 is 23.4 Å². The first-order valence-electron chi connectivity index (χ1n) is 5.60. The minimum absolute atomic E-state index is 0.0150. The Kier molecular flexibility index (Phi) is 2.90. The molecule has 2 N–H and O–H groups in total. The summed E-state index contributed by atoms with van der Waals surface area (Å²) in [4.78, 5) is 24.0. The Bertz CT molecular complexity index is 922. The number of H-pyrrole nitrogens is 2. The van der Waals surface area contributed by atoms with Gasteiger partial charge in [0.1, 0.15) is 11.2 Å². The summed E-state index contributed by atoms with van der Waals surface area (Å²) in [5.41, 5.74) is -0.820. The molecule has 3 aromatic heterocycles. The van der Waals surface area contributed by atoms with Crippen LogP contribution in [0.2, 0.25) is 0 Å². The number of hydrogen-bond donors (Lipinski definition) is 2. The van der Waals surface area contributed by atoms with Gasteiger partial charge in [-0.05, 0) is 24.4 Å². The van der Waals surface area contributed by atoms with Gasteiger partial charge in [-0.2, -0.15) is 13.2 Å². The van der Waals surface area contributed by atoms with Crippen molar-refractivity contribution in [3.63, 3.8) is 0 Å². The number of pyridine rings is 1. The standard InChI is InChI=1S/C11H6F3N5OS/c12-11(13,14)6-2-1-5(3-15-6)19-8-7(16-4-17-8)9(20)18-10(19)21/h1-4H,(H,16,17)(H,18,20,21). The van der Waals surface area contributed by atoms with Crippen LogP contribution in [-0.2, 0) is 6.18 Å². The molecule has 0 radical (unpaired) electrons. The first-order chi connectivity index (χ1) is 9.88. The van der Waals surface area contributed by atoms with Gasteiger partial charge in [-0.25, -0.2) is 9.97 Å². The number of fused-ring (bicyclic) bond motifs is 1. The van der Waals surface area contributed by atoms with Crippen molar-refractivity contribution in [2.45, 2.75) is 6.18 Å². The molecule has 10 heteroatoms. The molecule has 0 saturated carbocycles. The van der Waals surface area contributed by atoms with Gasteiger partial charge in [-0.1, -0.05) is 0 Å². The number of nitrogens with one attached hydrogen (secondary N) is 2. The van der Waals surface area contributed by atoms with Crippen LogP contribution in [-0.4, -0.2) is 24.5 Å². The van der Waals surface area contributed by atoms with Crippen LogP contribution in [0.25, 0.3) is 16.9 Å². The molecule has 0 atom stereocenters. The number of imidazole rings is 1. The number of rotatable bonds is 1. The van der Waals surface area contributed by atoms with Crippen LogP contribution in [0, 0.1) is 4.77 Å². The third kappa shape index (κ3) is 2.23. The molecule has 0 amide bonds. The molecule has 21 heavy (non-hydrogen) atoms. The number of hydrogen-bond acceptors (Lipinski definition) is 4. The van der Waals surface area contributed by atoms with E-state index in [9.17, 15) is 18.0 Å². The Balaban J connectivity index is 2.24. The van der Waals surface area contributed by atoms with Crippen LogP contribution in [0.3, 0.4) is 0 Å². The number of halogens is 3. The summed E-state index contributed by atoms with van der Waals surface area (Å²) in [6, 6.07) is 2.04. The molecule has 6 nitrogen and oxygen atoms in total. The van der Waals surface area contributed by atoms with Crippen molar-refractivity contribution in [1.82, 2.24) is 24.5 Å². The molecule has 108 valence electrons. The van der Waals surface area contributed by atoms with Crippen LogP contribution < -0.4 is 5.56 Å². The molecule has 0 aromatic carbocycles. The van der Waals surface area contributed by atoms with Crippen molar-refractivity contribution in [2.24, 2.45) is 0 Å². The van der Waals surface area contributed by atoms with Gasteiger partial charge in [0.25, 0.3) is 5.56 Å². The van der Waals surface area contributed by atoms with Gasteiger partial charge in [0.05, 0.1) is 18.2 Å². The average molecular weight is 313 g/mol. The molecule has 3 aromatic rings. The molecule has 0 saturated heterocycles. The van der Waals surface area contributed by atoms with E-state index in [1.54, 1.807) is 0 Å². The van der Waals surface area contributed by atoms with E-state index in [0.29, 0.717) is 0 Å². The Morgan fingerprint density at radius 3 is 2.62 bits per heavy atom. The number of nitrogens with zero attached hydrogens (tertiary/aromatic N) is 3. The lowest BCUT2D eigenvalue weighted by molar-refractivity contribution is -0.141. The molecule has 3 rings (SSSR count). The second kappa shape index (κ2) is 4.52. The predicted molar refractivity (Wildman–Crippen MR) is 69.7 cm³/mol. The Morgan fingerprint density at radius 2 is 2.00 bits per heavy atom. The lowest BCUT2D eigenvalue weighted by Crippen LogP contribution is -2.14. The van der Waals surface area contributed by atoms with E-state index in [2.05, 4.69) is 19.9 Å². The fourth-order valence-electron chi connectivity index (χ4n) is 1.86. The van der Waals surface area contributed by atoms with E-state index in [0.717, 1.165) is 12.3 Å². The number of alkyl halides is 3. The van der Waals surface area contributed by atoms with Gasteiger partial charge >= 0.3 is 6.18 Å². The first-order valence-corrected chi connectivity index (χ1v) is 6.01. The van der Waals surface area contributed by atoms with Gasteiger partial charge in [0.2, 0.25) is 0 Å². The zero-order valence-electron chi connectivity index (χ0n) is 10.1. The van der Waals surface area contributed by atoms with Crippen molar-refractivity contribution in [3.8, 4) is 5.69 Å². The van der Waals surface area contributed by atoms with Crippen LogP contribution in [0.5, 0.6) is 0 Å². The molecule has 0 aliphatic rings. The molecular formula is C11H6F3N5OS. The lowest BCUT2D eigenvalue weighted by atomic mass is 10.3. The Labute approximate surface area is 119 Å². The van der Waals surface area contributed by atoms with Gasteiger partial charge in [0, 0.05) is 0 Å². The smallest absolute Gasteiger partial charge is 0.339 e. The summed E-state index contributed by atoms with van der Waals surface area (Å²) >= 11 is 5.02. The molecule has 0 aliphatic heterocycles. The number of aromatic nitrogens is 5. The molecule has 0 spiro atoms. The fourth-order valence-corrected chi connectivity index (χ4v) is 2.15. The number of aromatic amines is 2. The summed E-state index contributed by atoms with van der Waals surface area (Å²) in [5.74, 6) is 0. The largest absolute Gasteiger partial charge is 0.433 e. The molecule has 0 bridgehead atoms. The van der Waals surface area contributed by atoms with E-state index in [1.807, 2.05) is 0 Å². The third-order valence-corrected chi connectivity index (χ3v) is 3.06. The van der Waals surface area contributed by atoms with Crippen molar-refractivity contribution < 1.29 is 13.2 Å². The predicted octanol–water partition coefficient (Wildman–Crippen LogP) is 2.19. The second-order valence-corrected chi connectivity index (χ2v) is 4.48. The van der Waals surface area contributed by atoms with Gasteiger partial charge in [0.15, 0.2) is 10.4 Å². The average Bonchev–Trinajstić information content (AvgIpc) is 2.87. The highest BCUT2D eigenvalue weighted by Gasteiger charge is 2.32. The van der Waals surface area contributed by atoms with Crippen molar-refractivity contribution in [2.75, 3.05) is 0 Å². The maximum atomic E-state index is 12.5. The zero-order valence-corrected chi connectivity index (χ0v) is 10.9. The normalized spacial score (nSPS) is 12.0. The van der Waals surface area contributed by atoms with Crippen LogP contribution in [0.4, 0.5) is 13.2 Å². The topological polar surface area (TPSA) is 79.4 Å². The molecule has 0 aliphatic carbocycles. The minimum Gasteiger partial charge on any atom is -0.339 e. The third-order valence-electron chi connectivity index (χ3n) is 2.78.